The fraction of sp³-hybridized carbons (Fsp3) is 0.417. The van der Waals surface area contributed by atoms with Crippen LogP contribution >= 0.6 is 0 Å². The maximum absolute atomic E-state index is 9.64. The second-order valence-electron chi connectivity index (χ2n) is 3.82. The van der Waals surface area contributed by atoms with E-state index in [1.165, 1.54) is 0 Å². The Kier molecular flexibility index (Phi) is 3.67. The zero-order chi connectivity index (χ0) is 10.6. The number of aliphatic hydroxyl groups excluding tert-OH is 1. The van der Waals surface area contributed by atoms with Crippen LogP contribution in [0.2, 0.25) is 0 Å². The van der Waals surface area contributed by atoms with E-state index in [-0.39, 0.29) is 12.0 Å². The summed E-state index contributed by atoms with van der Waals surface area (Å²) in [6.07, 6.45) is 0.353. The molecule has 0 heterocycles. The number of nitrogens with zero attached hydrogens (tertiary/aromatic N) is 1. The molecule has 0 saturated carbocycles. The second kappa shape index (κ2) is 4.78. The summed E-state index contributed by atoms with van der Waals surface area (Å²) in [6, 6.07) is 9.41. The molecular formula is C12H15NO. The van der Waals surface area contributed by atoms with E-state index in [2.05, 4.69) is 6.07 Å². The van der Waals surface area contributed by atoms with Crippen molar-refractivity contribution in [1.29, 1.82) is 5.26 Å². The van der Waals surface area contributed by atoms with Crippen LogP contribution in [0.1, 0.15) is 25.0 Å². The Balaban J connectivity index is 2.65. The van der Waals surface area contributed by atoms with Crippen molar-refractivity contribution < 1.29 is 5.11 Å². The monoisotopic (exact) mass is 189 g/mol. The molecule has 0 aromatic heterocycles. The molecule has 1 aromatic carbocycles. The van der Waals surface area contributed by atoms with Crippen LogP contribution in [0, 0.1) is 17.2 Å². The summed E-state index contributed by atoms with van der Waals surface area (Å²) in [5.41, 5.74) is 1.73. The highest BCUT2D eigenvalue weighted by molar-refractivity contribution is 5.31. The van der Waals surface area contributed by atoms with Gasteiger partial charge in [-0.05, 0) is 30.0 Å². The van der Waals surface area contributed by atoms with Gasteiger partial charge in [0.25, 0.3) is 0 Å². The molecule has 2 nitrogen and oxygen atoms in total. The fourth-order valence-corrected chi connectivity index (χ4v) is 1.19. The van der Waals surface area contributed by atoms with Gasteiger partial charge in [-0.2, -0.15) is 5.26 Å². The van der Waals surface area contributed by atoms with Gasteiger partial charge in [0, 0.05) is 0 Å². The lowest BCUT2D eigenvalue weighted by Crippen LogP contribution is -2.17. The van der Waals surface area contributed by atoms with Crippen molar-refractivity contribution in [3.8, 4) is 6.07 Å². The average molecular weight is 189 g/mol. The summed E-state index contributed by atoms with van der Waals surface area (Å²) in [5.74, 6) is 0.269. The van der Waals surface area contributed by atoms with E-state index in [4.69, 9.17) is 5.26 Å². The highest BCUT2D eigenvalue weighted by Crippen LogP contribution is 2.10. The van der Waals surface area contributed by atoms with Crippen molar-refractivity contribution in [2.75, 3.05) is 0 Å². The van der Waals surface area contributed by atoms with E-state index in [1.807, 2.05) is 26.0 Å². The van der Waals surface area contributed by atoms with E-state index in [0.29, 0.717) is 12.0 Å². The Labute approximate surface area is 84.8 Å². The Hall–Kier alpha value is -1.33. The van der Waals surface area contributed by atoms with E-state index in [9.17, 15) is 5.11 Å². The summed E-state index contributed by atoms with van der Waals surface area (Å²) >= 11 is 0. The van der Waals surface area contributed by atoms with Crippen LogP contribution < -0.4 is 0 Å². The molecule has 0 spiro atoms. The molecule has 0 aliphatic carbocycles. The molecule has 74 valence electrons. The largest absolute Gasteiger partial charge is 0.393 e. The van der Waals surface area contributed by atoms with Crippen LogP contribution in [0.15, 0.2) is 24.3 Å². The number of benzene rings is 1. The molecule has 1 aromatic rings. The van der Waals surface area contributed by atoms with E-state index >= 15 is 0 Å². The molecule has 1 atom stereocenters. The third-order valence-electron chi connectivity index (χ3n) is 2.30. The van der Waals surface area contributed by atoms with Crippen LogP contribution in [0.3, 0.4) is 0 Å². The normalized spacial score (nSPS) is 12.5. The first-order valence-electron chi connectivity index (χ1n) is 4.80. The lowest BCUT2D eigenvalue weighted by atomic mass is 9.99. The van der Waals surface area contributed by atoms with Crippen LogP contribution in [0.5, 0.6) is 0 Å². The SMILES string of the molecule is CC(C)[C@H](O)Cc1ccc(C#N)cc1. The minimum absolute atomic E-state index is 0.269. The van der Waals surface area contributed by atoms with Gasteiger partial charge in [-0.15, -0.1) is 0 Å². The van der Waals surface area contributed by atoms with Gasteiger partial charge >= 0.3 is 0 Å². The Bertz CT molecular complexity index is 321. The van der Waals surface area contributed by atoms with Crippen LogP contribution in [0.4, 0.5) is 0 Å². The standard InChI is InChI=1S/C12H15NO/c1-9(2)12(14)7-10-3-5-11(8-13)6-4-10/h3-6,9,12,14H,7H2,1-2H3/t12-/m1/s1. The number of hydrogen-bond acceptors (Lipinski definition) is 2. The molecule has 1 rings (SSSR count). The summed E-state index contributed by atoms with van der Waals surface area (Å²) in [4.78, 5) is 0. The van der Waals surface area contributed by atoms with Crippen molar-refractivity contribution in [2.24, 2.45) is 5.92 Å². The summed E-state index contributed by atoms with van der Waals surface area (Å²) in [7, 11) is 0. The Morgan fingerprint density at radius 3 is 2.29 bits per heavy atom. The van der Waals surface area contributed by atoms with E-state index < -0.39 is 0 Å². The van der Waals surface area contributed by atoms with Crippen molar-refractivity contribution in [3.05, 3.63) is 35.4 Å². The summed E-state index contributed by atoms with van der Waals surface area (Å²) < 4.78 is 0. The van der Waals surface area contributed by atoms with Crippen LogP contribution in [0.25, 0.3) is 0 Å². The fourth-order valence-electron chi connectivity index (χ4n) is 1.19. The molecule has 0 aliphatic rings. The number of hydrogen-bond donors (Lipinski definition) is 1. The first kappa shape index (κ1) is 10.7. The van der Waals surface area contributed by atoms with Crippen molar-refractivity contribution >= 4 is 0 Å². The zero-order valence-corrected chi connectivity index (χ0v) is 8.57. The minimum Gasteiger partial charge on any atom is -0.393 e. The topological polar surface area (TPSA) is 44.0 Å². The Morgan fingerprint density at radius 2 is 1.86 bits per heavy atom. The van der Waals surface area contributed by atoms with Gasteiger partial charge in [-0.3, -0.25) is 0 Å². The molecule has 0 bridgehead atoms. The van der Waals surface area contributed by atoms with Crippen molar-refractivity contribution in [2.45, 2.75) is 26.4 Å². The highest BCUT2D eigenvalue weighted by atomic mass is 16.3. The average Bonchev–Trinajstić information content (AvgIpc) is 2.19. The van der Waals surface area contributed by atoms with Gasteiger partial charge in [-0.25, -0.2) is 0 Å². The van der Waals surface area contributed by atoms with Crippen LogP contribution in [-0.2, 0) is 6.42 Å². The number of nitriles is 1. The first-order valence-corrected chi connectivity index (χ1v) is 4.80. The highest BCUT2D eigenvalue weighted by Gasteiger charge is 2.09. The molecular weight excluding hydrogens is 174 g/mol. The predicted molar refractivity (Wildman–Crippen MR) is 55.7 cm³/mol. The van der Waals surface area contributed by atoms with Gasteiger partial charge in [0.1, 0.15) is 0 Å². The van der Waals surface area contributed by atoms with E-state index in [1.54, 1.807) is 12.1 Å². The molecule has 2 heteroatoms. The number of rotatable bonds is 3. The first-order chi connectivity index (χ1) is 6.63. The lowest BCUT2D eigenvalue weighted by molar-refractivity contribution is 0.126. The molecule has 0 saturated heterocycles. The van der Waals surface area contributed by atoms with Crippen LogP contribution in [-0.4, -0.2) is 11.2 Å². The van der Waals surface area contributed by atoms with Crippen molar-refractivity contribution in [1.82, 2.24) is 0 Å². The smallest absolute Gasteiger partial charge is 0.0991 e. The molecule has 0 aliphatic heterocycles. The third-order valence-corrected chi connectivity index (χ3v) is 2.30. The van der Waals surface area contributed by atoms with E-state index in [0.717, 1.165) is 5.56 Å². The summed E-state index contributed by atoms with van der Waals surface area (Å²) in [6.45, 7) is 3.99. The molecule has 0 unspecified atom stereocenters. The lowest BCUT2D eigenvalue weighted by Gasteiger charge is -2.13. The van der Waals surface area contributed by atoms with Gasteiger partial charge in [0.05, 0.1) is 17.7 Å². The third kappa shape index (κ3) is 2.86. The Morgan fingerprint density at radius 1 is 1.29 bits per heavy atom. The quantitative estimate of drug-likeness (QED) is 0.791. The van der Waals surface area contributed by atoms with Gasteiger partial charge in [0.15, 0.2) is 0 Å². The molecule has 0 fully saturated rings. The zero-order valence-electron chi connectivity index (χ0n) is 8.57. The number of aliphatic hydroxyl groups is 1. The maximum atomic E-state index is 9.64. The van der Waals surface area contributed by atoms with Gasteiger partial charge in [0.2, 0.25) is 0 Å². The predicted octanol–water partition coefficient (Wildman–Crippen LogP) is 2.12. The second-order valence-corrected chi connectivity index (χ2v) is 3.82. The maximum Gasteiger partial charge on any atom is 0.0991 e. The van der Waals surface area contributed by atoms with Gasteiger partial charge in [-0.1, -0.05) is 26.0 Å². The molecule has 0 radical (unpaired) electrons. The van der Waals surface area contributed by atoms with Gasteiger partial charge < -0.3 is 5.11 Å². The summed E-state index contributed by atoms with van der Waals surface area (Å²) in [5, 5.41) is 18.2. The van der Waals surface area contributed by atoms with Crippen molar-refractivity contribution in [3.63, 3.8) is 0 Å². The molecule has 0 amide bonds. The minimum atomic E-state index is -0.303. The molecule has 14 heavy (non-hydrogen) atoms. The molecule has 1 N–H and O–H groups in total.